The molecule has 0 radical (unpaired) electrons. The first-order chi connectivity index (χ1) is 9.15. The number of carbonyl (C=O) groups is 2. The van der Waals surface area contributed by atoms with Crippen LogP contribution in [-0.4, -0.2) is 61.6 Å². The molecule has 2 rings (SSSR count). The van der Waals surface area contributed by atoms with Crippen LogP contribution in [0.2, 0.25) is 0 Å². The zero-order chi connectivity index (χ0) is 13.7. The van der Waals surface area contributed by atoms with E-state index < -0.39 is 0 Å². The fourth-order valence-corrected chi connectivity index (χ4v) is 2.58. The largest absolute Gasteiger partial charge is 0.378 e. The second kappa shape index (κ2) is 6.86. The van der Waals surface area contributed by atoms with Gasteiger partial charge in [0.15, 0.2) is 0 Å². The van der Waals surface area contributed by atoms with Gasteiger partial charge in [0.05, 0.1) is 13.2 Å². The first kappa shape index (κ1) is 14.3. The molecule has 0 aliphatic carbocycles. The number of hydrogen-bond acceptors (Lipinski definition) is 4. The number of likely N-dealkylation sites (tertiary alicyclic amines) is 1. The van der Waals surface area contributed by atoms with Crippen LogP contribution >= 0.6 is 0 Å². The van der Waals surface area contributed by atoms with Crippen LogP contribution in [0.4, 0.5) is 0 Å². The first-order valence-electron chi connectivity index (χ1n) is 7.03. The minimum Gasteiger partial charge on any atom is -0.378 e. The summed E-state index contributed by atoms with van der Waals surface area (Å²) in [5.41, 5.74) is 0. The van der Waals surface area contributed by atoms with E-state index in [0.717, 1.165) is 19.5 Å². The molecule has 0 bridgehead atoms. The van der Waals surface area contributed by atoms with Gasteiger partial charge in [-0.3, -0.25) is 9.59 Å². The van der Waals surface area contributed by atoms with E-state index in [-0.39, 0.29) is 23.9 Å². The molecule has 0 saturated carbocycles. The van der Waals surface area contributed by atoms with E-state index in [1.54, 1.807) is 0 Å². The predicted octanol–water partition coefficient (Wildman–Crippen LogP) is -0.508. The Balaban J connectivity index is 1.67. The van der Waals surface area contributed by atoms with E-state index in [4.69, 9.17) is 4.74 Å². The van der Waals surface area contributed by atoms with Gasteiger partial charge in [-0.05, 0) is 13.3 Å². The van der Waals surface area contributed by atoms with Gasteiger partial charge in [-0.2, -0.15) is 0 Å². The lowest BCUT2D eigenvalue weighted by molar-refractivity contribution is -0.129. The standard InChI is InChI=1S/C13H23N3O3/c1-10(8-16-5-2-3-13(16)18)15-12(17)7-11-9-19-6-4-14-11/h10-11,14H,2-9H2,1H3,(H,15,17). The summed E-state index contributed by atoms with van der Waals surface area (Å²) >= 11 is 0. The van der Waals surface area contributed by atoms with Crippen LogP contribution in [0.5, 0.6) is 0 Å². The van der Waals surface area contributed by atoms with Crippen molar-refractivity contribution < 1.29 is 14.3 Å². The zero-order valence-corrected chi connectivity index (χ0v) is 11.5. The molecule has 2 atom stereocenters. The summed E-state index contributed by atoms with van der Waals surface area (Å²) in [6.45, 7) is 5.47. The van der Waals surface area contributed by atoms with E-state index in [1.807, 2.05) is 11.8 Å². The van der Waals surface area contributed by atoms with E-state index in [1.165, 1.54) is 0 Å². The van der Waals surface area contributed by atoms with Crippen molar-refractivity contribution in [3.63, 3.8) is 0 Å². The molecule has 6 heteroatoms. The molecule has 0 aromatic heterocycles. The van der Waals surface area contributed by atoms with Crippen molar-refractivity contribution in [1.82, 2.24) is 15.5 Å². The molecule has 2 aliphatic rings. The van der Waals surface area contributed by atoms with Crippen LogP contribution in [0.25, 0.3) is 0 Å². The maximum absolute atomic E-state index is 11.9. The summed E-state index contributed by atoms with van der Waals surface area (Å²) in [4.78, 5) is 25.2. The smallest absolute Gasteiger partial charge is 0.222 e. The molecule has 2 aliphatic heterocycles. The van der Waals surface area contributed by atoms with Crippen molar-refractivity contribution in [2.75, 3.05) is 32.8 Å². The Kier molecular flexibility index (Phi) is 5.15. The highest BCUT2D eigenvalue weighted by Crippen LogP contribution is 2.09. The molecule has 2 fully saturated rings. The van der Waals surface area contributed by atoms with Gasteiger partial charge in [-0.15, -0.1) is 0 Å². The minimum atomic E-state index is -0.000871. The number of nitrogens with one attached hydrogen (secondary N) is 2. The van der Waals surface area contributed by atoms with Crippen molar-refractivity contribution in [1.29, 1.82) is 0 Å². The van der Waals surface area contributed by atoms with Crippen molar-refractivity contribution in [3.8, 4) is 0 Å². The highest BCUT2D eigenvalue weighted by molar-refractivity contribution is 5.79. The lowest BCUT2D eigenvalue weighted by Crippen LogP contribution is -2.47. The zero-order valence-electron chi connectivity index (χ0n) is 11.5. The third-order valence-corrected chi connectivity index (χ3v) is 3.50. The van der Waals surface area contributed by atoms with Crippen molar-refractivity contribution >= 4 is 11.8 Å². The van der Waals surface area contributed by atoms with Crippen LogP contribution in [0.1, 0.15) is 26.2 Å². The second-order valence-electron chi connectivity index (χ2n) is 5.34. The van der Waals surface area contributed by atoms with Crippen molar-refractivity contribution in [2.45, 2.75) is 38.3 Å². The van der Waals surface area contributed by atoms with Crippen molar-refractivity contribution in [2.24, 2.45) is 0 Å². The van der Waals surface area contributed by atoms with Gasteiger partial charge in [0.25, 0.3) is 0 Å². The molecule has 0 aromatic carbocycles. The molecule has 6 nitrogen and oxygen atoms in total. The summed E-state index contributed by atoms with van der Waals surface area (Å²) in [5, 5.41) is 6.20. The molecule has 2 unspecified atom stereocenters. The normalized spacial score (nSPS) is 25.4. The van der Waals surface area contributed by atoms with Gasteiger partial charge in [-0.25, -0.2) is 0 Å². The molecule has 19 heavy (non-hydrogen) atoms. The summed E-state index contributed by atoms with van der Waals surface area (Å²) < 4.78 is 5.31. The van der Waals surface area contributed by atoms with Gasteiger partial charge in [0.2, 0.25) is 11.8 Å². The summed E-state index contributed by atoms with van der Waals surface area (Å²) in [7, 11) is 0. The Morgan fingerprint density at radius 1 is 1.63 bits per heavy atom. The van der Waals surface area contributed by atoms with Gasteiger partial charge in [0.1, 0.15) is 0 Å². The average Bonchev–Trinajstić information content (AvgIpc) is 2.76. The molecular formula is C13H23N3O3. The number of rotatable bonds is 5. The van der Waals surface area contributed by atoms with Gasteiger partial charge in [0, 0.05) is 44.6 Å². The third kappa shape index (κ3) is 4.47. The second-order valence-corrected chi connectivity index (χ2v) is 5.34. The van der Waals surface area contributed by atoms with Gasteiger partial charge >= 0.3 is 0 Å². The Hall–Kier alpha value is -1.14. The molecule has 2 heterocycles. The van der Waals surface area contributed by atoms with Gasteiger partial charge in [-0.1, -0.05) is 0 Å². The lowest BCUT2D eigenvalue weighted by Gasteiger charge is -2.25. The number of ether oxygens (including phenoxy) is 1. The van der Waals surface area contributed by atoms with Crippen LogP contribution in [-0.2, 0) is 14.3 Å². The molecule has 0 aromatic rings. The number of carbonyl (C=O) groups excluding carboxylic acids is 2. The minimum absolute atomic E-state index is 0.000871. The fraction of sp³-hybridized carbons (Fsp3) is 0.846. The maximum atomic E-state index is 11.9. The topological polar surface area (TPSA) is 70.7 Å². The molecule has 2 amide bonds. The van der Waals surface area contributed by atoms with Crippen LogP contribution < -0.4 is 10.6 Å². The number of amides is 2. The summed E-state index contributed by atoms with van der Waals surface area (Å²) in [6, 6.07) is 0.105. The average molecular weight is 269 g/mol. The maximum Gasteiger partial charge on any atom is 0.222 e. The van der Waals surface area contributed by atoms with Crippen LogP contribution in [0.15, 0.2) is 0 Å². The third-order valence-electron chi connectivity index (χ3n) is 3.50. The van der Waals surface area contributed by atoms with E-state index in [0.29, 0.717) is 32.6 Å². The molecule has 108 valence electrons. The quantitative estimate of drug-likeness (QED) is 0.705. The summed E-state index contributed by atoms with van der Waals surface area (Å²) in [6.07, 6.45) is 2.01. The molecular weight excluding hydrogens is 246 g/mol. The van der Waals surface area contributed by atoms with Crippen molar-refractivity contribution in [3.05, 3.63) is 0 Å². The van der Waals surface area contributed by atoms with Crippen LogP contribution in [0, 0.1) is 0 Å². The molecule has 2 N–H and O–H groups in total. The monoisotopic (exact) mass is 269 g/mol. The first-order valence-corrected chi connectivity index (χ1v) is 7.03. The summed E-state index contributed by atoms with van der Waals surface area (Å²) in [5.74, 6) is 0.214. The number of hydrogen-bond donors (Lipinski definition) is 2. The SMILES string of the molecule is CC(CN1CCCC1=O)NC(=O)CC1COCCN1. The lowest BCUT2D eigenvalue weighted by atomic mass is 10.2. The van der Waals surface area contributed by atoms with E-state index in [9.17, 15) is 9.59 Å². The highest BCUT2D eigenvalue weighted by Gasteiger charge is 2.23. The number of nitrogens with zero attached hydrogens (tertiary/aromatic N) is 1. The predicted molar refractivity (Wildman–Crippen MR) is 70.6 cm³/mol. The fourth-order valence-electron chi connectivity index (χ4n) is 2.58. The van der Waals surface area contributed by atoms with E-state index in [2.05, 4.69) is 10.6 Å². The molecule has 0 spiro atoms. The Morgan fingerprint density at radius 3 is 3.11 bits per heavy atom. The van der Waals surface area contributed by atoms with Crippen LogP contribution in [0.3, 0.4) is 0 Å². The Labute approximate surface area is 113 Å². The Morgan fingerprint density at radius 2 is 2.47 bits per heavy atom. The van der Waals surface area contributed by atoms with E-state index >= 15 is 0 Å². The highest BCUT2D eigenvalue weighted by atomic mass is 16.5. The molecule has 2 saturated heterocycles. The number of morpholine rings is 1. The van der Waals surface area contributed by atoms with Gasteiger partial charge < -0.3 is 20.3 Å². The Bertz CT molecular complexity index is 329.